The Morgan fingerprint density at radius 3 is 2.63 bits per heavy atom. The number of carbonyl (C=O) groups is 1. The molecule has 1 saturated carbocycles. The fraction of sp³-hybridized carbons (Fsp3) is 0.417. The van der Waals surface area contributed by atoms with Crippen molar-refractivity contribution in [3.8, 4) is 0 Å². The van der Waals surface area contributed by atoms with Crippen molar-refractivity contribution in [2.75, 3.05) is 5.32 Å². The molecule has 1 fully saturated rings. The van der Waals surface area contributed by atoms with Crippen LogP contribution >= 0.6 is 23.2 Å². The van der Waals surface area contributed by atoms with E-state index in [1.165, 1.54) is 74.7 Å². The second-order valence-electron chi connectivity index (χ2n) is 8.26. The summed E-state index contributed by atoms with van der Waals surface area (Å²) in [6.45, 7) is 0. The lowest BCUT2D eigenvalue weighted by Gasteiger charge is -2.21. The third-order valence-electron chi connectivity index (χ3n) is 6.15. The molecule has 3 aromatic rings. The molecule has 2 N–H and O–H groups in total. The van der Waals surface area contributed by atoms with Gasteiger partial charge >= 0.3 is 0 Å². The molecular formula is C24H27Cl2N3O. The van der Waals surface area contributed by atoms with Crippen LogP contribution in [0.3, 0.4) is 0 Å². The number of hydrogen-bond donors (Lipinski definition) is 2. The van der Waals surface area contributed by atoms with Gasteiger partial charge in [-0.25, -0.2) is 0 Å². The van der Waals surface area contributed by atoms with E-state index in [2.05, 4.69) is 21.5 Å². The Morgan fingerprint density at radius 2 is 1.87 bits per heavy atom. The number of nitrogens with zero attached hydrogens (tertiary/aromatic N) is 1. The maximum atomic E-state index is 12.7. The number of benzene rings is 1. The van der Waals surface area contributed by atoms with Crippen LogP contribution in [0.4, 0.5) is 5.69 Å². The molecule has 0 saturated heterocycles. The lowest BCUT2D eigenvalue weighted by molar-refractivity contribution is 0.102. The maximum absolute atomic E-state index is 12.7. The molecule has 6 heteroatoms. The van der Waals surface area contributed by atoms with Gasteiger partial charge in [-0.2, -0.15) is 0 Å². The zero-order valence-corrected chi connectivity index (χ0v) is 18.5. The first kappa shape index (κ1) is 21.2. The molecule has 0 radical (unpaired) electrons. The van der Waals surface area contributed by atoms with Gasteiger partial charge in [-0.1, -0.05) is 74.2 Å². The lowest BCUT2D eigenvalue weighted by atomic mass is 9.85. The van der Waals surface area contributed by atoms with Crippen LogP contribution < -0.4 is 5.32 Å². The van der Waals surface area contributed by atoms with Gasteiger partial charge in [0, 0.05) is 35.1 Å². The number of amides is 1. The Kier molecular flexibility index (Phi) is 6.96. The first-order valence-corrected chi connectivity index (χ1v) is 11.6. The van der Waals surface area contributed by atoms with E-state index < -0.39 is 0 Å². The van der Waals surface area contributed by atoms with Crippen LogP contribution in [0.15, 0.2) is 36.8 Å². The van der Waals surface area contributed by atoms with Crippen molar-refractivity contribution in [2.24, 2.45) is 5.92 Å². The average molecular weight is 444 g/mol. The number of fused-ring (bicyclic) bond motifs is 1. The van der Waals surface area contributed by atoms with Crippen LogP contribution in [-0.2, 0) is 6.42 Å². The number of aromatic amines is 1. The number of nitrogens with one attached hydrogen (secondary N) is 2. The Balaban J connectivity index is 1.37. The summed E-state index contributed by atoms with van der Waals surface area (Å²) in [4.78, 5) is 19.9. The van der Waals surface area contributed by atoms with Crippen LogP contribution in [0.25, 0.3) is 10.9 Å². The van der Waals surface area contributed by atoms with E-state index >= 15 is 0 Å². The molecule has 1 amide bonds. The van der Waals surface area contributed by atoms with Crippen molar-refractivity contribution >= 4 is 45.7 Å². The van der Waals surface area contributed by atoms with Crippen molar-refractivity contribution in [2.45, 2.75) is 57.8 Å². The third-order valence-corrected chi connectivity index (χ3v) is 6.73. The van der Waals surface area contributed by atoms with Gasteiger partial charge in [0.15, 0.2) is 0 Å². The van der Waals surface area contributed by atoms with Gasteiger partial charge < -0.3 is 10.3 Å². The summed E-state index contributed by atoms with van der Waals surface area (Å²) in [5.41, 5.74) is 3.22. The number of aryl methyl sites for hydroxylation is 1. The van der Waals surface area contributed by atoms with E-state index in [1.807, 2.05) is 18.2 Å². The van der Waals surface area contributed by atoms with Gasteiger partial charge in [0.2, 0.25) is 0 Å². The molecule has 1 aromatic carbocycles. The van der Waals surface area contributed by atoms with Gasteiger partial charge in [0.05, 0.1) is 15.7 Å². The number of aromatic nitrogens is 2. The number of carbonyl (C=O) groups excluding carboxylic acids is 1. The first-order chi connectivity index (χ1) is 14.6. The summed E-state index contributed by atoms with van der Waals surface area (Å²) in [7, 11) is 0. The molecule has 30 heavy (non-hydrogen) atoms. The molecule has 1 aliphatic rings. The quantitative estimate of drug-likeness (QED) is 0.373. The molecule has 2 aromatic heterocycles. The number of anilines is 1. The number of pyridine rings is 1. The molecule has 0 aliphatic heterocycles. The molecule has 0 spiro atoms. The molecule has 4 rings (SSSR count). The van der Waals surface area contributed by atoms with Gasteiger partial charge in [0.1, 0.15) is 0 Å². The number of H-pyrrole nitrogens is 1. The Labute approximate surface area is 187 Å². The Hall–Kier alpha value is -2.04. The van der Waals surface area contributed by atoms with Crippen LogP contribution in [0, 0.1) is 5.92 Å². The predicted molar refractivity (Wildman–Crippen MR) is 125 cm³/mol. The van der Waals surface area contributed by atoms with E-state index in [9.17, 15) is 4.79 Å². The van der Waals surface area contributed by atoms with Crippen molar-refractivity contribution in [1.29, 1.82) is 0 Å². The van der Waals surface area contributed by atoms with Crippen molar-refractivity contribution in [3.63, 3.8) is 0 Å². The minimum Gasteiger partial charge on any atom is -0.361 e. The fourth-order valence-electron chi connectivity index (χ4n) is 4.48. The minimum absolute atomic E-state index is 0.254. The van der Waals surface area contributed by atoms with Gasteiger partial charge in [0.25, 0.3) is 5.91 Å². The fourth-order valence-corrected chi connectivity index (χ4v) is 4.93. The van der Waals surface area contributed by atoms with Gasteiger partial charge in [-0.05, 0) is 36.5 Å². The summed E-state index contributed by atoms with van der Waals surface area (Å²) in [5, 5.41) is 4.59. The van der Waals surface area contributed by atoms with E-state index in [-0.39, 0.29) is 5.91 Å². The number of unbranched alkanes of at least 4 members (excludes halogenated alkanes) is 1. The summed E-state index contributed by atoms with van der Waals surface area (Å²) in [6, 6.07) is 5.74. The summed E-state index contributed by atoms with van der Waals surface area (Å²) in [6.07, 6.45) is 17.0. The predicted octanol–water partition coefficient (Wildman–Crippen LogP) is 7.42. The largest absolute Gasteiger partial charge is 0.361 e. The van der Waals surface area contributed by atoms with E-state index in [0.29, 0.717) is 21.3 Å². The second kappa shape index (κ2) is 9.84. The summed E-state index contributed by atoms with van der Waals surface area (Å²) in [5.74, 6) is 0.695. The first-order valence-electron chi connectivity index (χ1n) is 10.8. The smallest absolute Gasteiger partial charge is 0.255 e. The molecule has 158 valence electrons. The van der Waals surface area contributed by atoms with Crippen molar-refractivity contribution in [1.82, 2.24) is 9.97 Å². The number of hydrogen-bond acceptors (Lipinski definition) is 2. The summed E-state index contributed by atoms with van der Waals surface area (Å²) >= 11 is 12.2. The van der Waals surface area contributed by atoms with Crippen LogP contribution in [-0.4, -0.2) is 15.9 Å². The van der Waals surface area contributed by atoms with Crippen molar-refractivity contribution in [3.05, 3.63) is 58.0 Å². The zero-order chi connectivity index (χ0) is 20.9. The molecule has 0 atom stereocenters. The maximum Gasteiger partial charge on any atom is 0.255 e. The Morgan fingerprint density at radius 1 is 1.10 bits per heavy atom. The highest BCUT2D eigenvalue weighted by Crippen LogP contribution is 2.30. The van der Waals surface area contributed by atoms with E-state index in [4.69, 9.17) is 23.2 Å². The highest BCUT2D eigenvalue weighted by molar-refractivity contribution is 6.39. The van der Waals surface area contributed by atoms with Gasteiger partial charge in [-0.3, -0.25) is 9.78 Å². The molecule has 0 unspecified atom stereocenters. The SMILES string of the molecule is O=C(Nc1c(Cl)cncc1Cl)c1ccc2c(CCCCC3CCCCC3)c[nH]c2c1. The van der Waals surface area contributed by atoms with Crippen LogP contribution in [0.2, 0.25) is 10.0 Å². The standard InChI is InChI=1S/C24H27Cl2N3O/c25-20-14-27-15-21(26)23(20)29-24(30)17-10-11-19-18(13-28-22(19)12-17)9-5-4-8-16-6-2-1-3-7-16/h10-16,28H,1-9H2,(H,27,29,30). The number of halogens is 2. The van der Waals surface area contributed by atoms with E-state index in [1.54, 1.807) is 0 Å². The normalized spacial score (nSPS) is 14.9. The molecule has 0 bridgehead atoms. The topological polar surface area (TPSA) is 57.8 Å². The van der Waals surface area contributed by atoms with Gasteiger partial charge in [-0.15, -0.1) is 0 Å². The van der Waals surface area contributed by atoms with Crippen LogP contribution in [0.1, 0.15) is 67.3 Å². The second-order valence-corrected chi connectivity index (χ2v) is 9.07. The lowest BCUT2D eigenvalue weighted by Crippen LogP contribution is -2.12. The highest BCUT2D eigenvalue weighted by Gasteiger charge is 2.15. The molecule has 2 heterocycles. The summed E-state index contributed by atoms with van der Waals surface area (Å²) < 4.78 is 0. The molecule has 4 nitrogen and oxygen atoms in total. The number of rotatable bonds is 7. The molecule has 1 aliphatic carbocycles. The van der Waals surface area contributed by atoms with Crippen LogP contribution in [0.5, 0.6) is 0 Å². The van der Waals surface area contributed by atoms with E-state index in [0.717, 1.165) is 17.9 Å². The minimum atomic E-state index is -0.254. The average Bonchev–Trinajstić information content (AvgIpc) is 3.17. The zero-order valence-electron chi connectivity index (χ0n) is 17.0. The third kappa shape index (κ3) is 4.98. The molecular weight excluding hydrogens is 417 g/mol. The highest BCUT2D eigenvalue weighted by atomic mass is 35.5. The Bertz CT molecular complexity index is 1000. The monoisotopic (exact) mass is 443 g/mol. The van der Waals surface area contributed by atoms with Crippen molar-refractivity contribution < 1.29 is 4.79 Å².